The number of carboxylic acids is 1. The zero-order valence-corrected chi connectivity index (χ0v) is 13.0. The highest BCUT2D eigenvalue weighted by atomic mass is 32.1. The van der Waals surface area contributed by atoms with Gasteiger partial charge < -0.3 is 15.3 Å². The maximum Gasteiger partial charge on any atom is 0.317 e. The number of aryl methyl sites for hydroxylation is 1. The number of amides is 2. The molecule has 1 aromatic rings. The fourth-order valence-corrected chi connectivity index (χ4v) is 3.21. The molecule has 0 radical (unpaired) electrons. The van der Waals surface area contributed by atoms with Gasteiger partial charge in [-0.1, -0.05) is 0 Å². The van der Waals surface area contributed by atoms with Crippen LogP contribution in [0.4, 0.5) is 4.79 Å². The van der Waals surface area contributed by atoms with Crippen molar-refractivity contribution in [1.29, 1.82) is 0 Å². The van der Waals surface area contributed by atoms with E-state index in [9.17, 15) is 9.59 Å². The Morgan fingerprint density at radius 3 is 2.76 bits per heavy atom. The van der Waals surface area contributed by atoms with Gasteiger partial charge in [0.05, 0.1) is 6.54 Å². The minimum absolute atomic E-state index is 0.0560. The molecule has 0 aliphatic carbocycles. The number of nitrogens with zero attached hydrogens (tertiary/aromatic N) is 2. The monoisotopic (exact) mass is 311 g/mol. The third-order valence-corrected chi connectivity index (χ3v) is 4.69. The molecule has 0 atom stereocenters. The molecule has 1 saturated heterocycles. The van der Waals surface area contributed by atoms with Gasteiger partial charge in [0.25, 0.3) is 0 Å². The third-order valence-electron chi connectivity index (χ3n) is 3.73. The molecule has 2 N–H and O–H groups in total. The number of carbonyl (C=O) groups is 2. The zero-order chi connectivity index (χ0) is 15.2. The van der Waals surface area contributed by atoms with Gasteiger partial charge in [-0.05, 0) is 32.1 Å². The number of thiazole rings is 1. The molecule has 1 aliphatic rings. The standard InChI is InChI=1S/C14H21N3O3S/c1-10-9-21-12(16-10)8-15-14(20)17-6-4-11(5-7-17)2-3-13(18)19/h9,11H,2-8H2,1H3,(H,15,20)(H,18,19). The summed E-state index contributed by atoms with van der Waals surface area (Å²) in [5, 5.41) is 14.5. The first-order valence-corrected chi connectivity index (χ1v) is 8.08. The van der Waals surface area contributed by atoms with Crippen molar-refractivity contribution in [3.8, 4) is 0 Å². The Morgan fingerprint density at radius 2 is 2.19 bits per heavy atom. The van der Waals surface area contributed by atoms with Gasteiger partial charge in [-0.15, -0.1) is 11.3 Å². The van der Waals surface area contributed by atoms with Crippen LogP contribution in [0.15, 0.2) is 5.38 Å². The highest BCUT2D eigenvalue weighted by Gasteiger charge is 2.23. The molecule has 116 valence electrons. The third kappa shape index (κ3) is 5.00. The second-order valence-electron chi connectivity index (χ2n) is 5.40. The van der Waals surface area contributed by atoms with Gasteiger partial charge >= 0.3 is 12.0 Å². The topological polar surface area (TPSA) is 82.5 Å². The van der Waals surface area contributed by atoms with E-state index in [0.29, 0.717) is 32.0 Å². The van der Waals surface area contributed by atoms with E-state index in [2.05, 4.69) is 10.3 Å². The number of carboxylic acid groups (broad SMARTS) is 1. The summed E-state index contributed by atoms with van der Waals surface area (Å²) >= 11 is 1.55. The number of nitrogens with one attached hydrogen (secondary N) is 1. The van der Waals surface area contributed by atoms with E-state index < -0.39 is 5.97 Å². The van der Waals surface area contributed by atoms with Crippen molar-refractivity contribution in [2.75, 3.05) is 13.1 Å². The fourth-order valence-electron chi connectivity index (χ4n) is 2.50. The van der Waals surface area contributed by atoms with E-state index in [1.807, 2.05) is 12.3 Å². The molecule has 0 saturated carbocycles. The molecule has 0 bridgehead atoms. The van der Waals surface area contributed by atoms with Crippen LogP contribution in [0.1, 0.15) is 36.4 Å². The van der Waals surface area contributed by atoms with Crippen molar-refractivity contribution in [2.45, 2.75) is 39.2 Å². The first-order chi connectivity index (χ1) is 10.0. The van der Waals surface area contributed by atoms with Crippen molar-refractivity contribution >= 4 is 23.3 Å². The lowest BCUT2D eigenvalue weighted by Crippen LogP contribution is -2.44. The van der Waals surface area contributed by atoms with Gasteiger partial charge in [-0.25, -0.2) is 9.78 Å². The summed E-state index contributed by atoms with van der Waals surface area (Å²) in [7, 11) is 0. The van der Waals surface area contributed by atoms with Crippen molar-refractivity contribution < 1.29 is 14.7 Å². The number of hydrogen-bond donors (Lipinski definition) is 2. The lowest BCUT2D eigenvalue weighted by molar-refractivity contribution is -0.137. The predicted octanol–water partition coefficient (Wildman–Crippen LogP) is 2.24. The van der Waals surface area contributed by atoms with Crippen molar-refractivity contribution in [2.24, 2.45) is 5.92 Å². The summed E-state index contributed by atoms with van der Waals surface area (Å²) in [4.78, 5) is 28.7. The number of aliphatic carboxylic acids is 1. The fraction of sp³-hybridized carbons (Fsp3) is 0.643. The van der Waals surface area contributed by atoms with Gasteiger partial charge in [0, 0.05) is 30.6 Å². The predicted molar refractivity (Wildman–Crippen MR) is 80.3 cm³/mol. The molecule has 0 aromatic carbocycles. The molecule has 1 fully saturated rings. The van der Waals surface area contributed by atoms with Crippen LogP contribution in [0, 0.1) is 12.8 Å². The van der Waals surface area contributed by atoms with Gasteiger partial charge in [0.2, 0.25) is 0 Å². The molecule has 0 unspecified atom stereocenters. The van der Waals surface area contributed by atoms with Crippen LogP contribution in [-0.2, 0) is 11.3 Å². The molecule has 2 rings (SSSR count). The Kier molecular flexibility index (Phi) is 5.55. The smallest absolute Gasteiger partial charge is 0.317 e. The minimum atomic E-state index is -0.742. The van der Waals surface area contributed by atoms with Crippen molar-refractivity contribution in [3.05, 3.63) is 16.1 Å². The van der Waals surface area contributed by atoms with E-state index in [0.717, 1.165) is 23.5 Å². The summed E-state index contributed by atoms with van der Waals surface area (Å²) in [5.74, 6) is -0.319. The second kappa shape index (κ2) is 7.40. The zero-order valence-electron chi connectivity index (χ0n) is 12.2. The molecule has 2 heterocycles. The maximum atomic E-state index is 12.0. The van der Waals surface area contributed by atoms with Crippen LogP contribution < -0.4 is 5.32 Å². The number of urea groups is 1. The highest BCUT2D eigenvalue weighted by molar-refractivity contribution is 7.09. The van der Waals surface area contributed by atoms with E-state index >= 15 is 0 Å². The Labute approximate surface area is 128 Å². The number of likely N-dealkylation sites (tertiary alicyclic amines) is 1. The number of rotatable bonds is 5. The van der Waals surface area contributed by atoms with Gasteiger partial charge in [-0.3, -0.25) is 4.79 Å². The van der Waals surface area contributed by atoms with Crippen molar-refractivity contribution in [3.63, 3.8) is 0 Å². The first-order valence-electron chi connectivity index (χ1n) is 7.20. The quantitative estimate of drug-likeness (QED) is 0.873. The SMILES string of the molecule is Cc1csc(CNC(=O)N2CCC(CCC(=O)O)CC2)n1. The first kappa shape index (κ1) is 15.8. The Morgan fingerprint density at radius 1 is 1.48 bits per heavy atom. The van der Waals surface area contributed by atoms with Crippen LogP contribution in [0.3, 0.4) is 0 Å². The summed E-state index contributed by atoms with van der Waals surface area (Å²) < 4.78 is 0. The largest absolute Gasteiger partial charge is 0.481 e. The average molecular weight is 311 g/mol. The normalized spacial score (nSPS) is 16.0. The van der Waals surface area contributed by atoms with E-state index in [-0.39, 0.29) is 12.5 Å². The van der Waals surface area contributed by atoms with Crippen LogP contribution in [0.25, 0.3) is 0 Å². The van der Waals surface area contributed by atoms with E-state index in [1.165, 1.54) is 0 Å². The Hall–Kier alpha value is -1.63. The minimum Gasteiger partial charge on any atom is -0.481 e. The second-order valence-corrected chi connectivity index (χ2v) is 6.35. The number of aromatic nitrogens is 1. The lowest BCUT2D eigenvalue weighted by Gasteiger charge is -2.31. The molecule has 2 amide bonds. The number of piperidine rings is 1. The van der Waals surface area contributed by atoms with Gasteiger partial charge in [0.15, 0.2) is 0 Å². The van der Waals surface area contributed by atoms with Crippen LogP contribution >= 0.6 is 11.3 Å². The van der Waals surface area contributed by atoms with Crippen LogP contribution in [0.2, 0.25) is 0 Å². The molecule has 21 heavy (non-hydrogen) atoms. The molecular weight excluding hydrogens is 290 g/mol. The Bertz CT molecular complexity index is 495. The molecule has 1 aliphatic heterocycles. The average Bonchev–Trinajstić information content (AvgIpc) is 2.89. The van der Waals surface area contributed by atoms with E-state index in [4.69, 9.17) is 5.11 Å². The highest BCUT2D eigenvalue weighted by Crippen LogP contribution is 2.21. The number of hydrogen-bond acceptors (Lipinski definition) is 4. The summed E-state index contributed by atoms with van der Waals surface area (Å²) in [6, 6.07) is -0.0560. The summed E-state index contributed by atoms with van der Waals surface area (Å²) in [6.07, 6.45) is 2.71. The molecule has 0 spiro atoms. The molecular formula is C14H21N3O3S. The van der Waals surface area contributed by atoms with Gasteiger partial charge in [-0.2, -0.15) is 0 Å². The van der Waals surface area contributed by atoms with Gasteiger partial charge in [0.1, 0.15) is 5.01 Å². The Balaban J connectivity index is 1.69. The summed E-state index contributed by atoms with van der Waals surface area (Å²) in [6.45, 7) is 3.81. The molecule has 6 nitrogen and oxygen atoms in total. The summed E-state index contributed by atoms with van der Waals surface area (Å²) in [5.41, 5.74) is 0.975. The number of carbonyl (C=O) groups excluding carboxylic acids is 1. The molecule has 7 heteroatoms. The van der Waals surface area contributed by atoms with Crippen molar-refractivity contribution in [1.82, 2.24) is 15.2 Å². The lowest BCUT2D eigenvalue weighted by atomic mass is 9.92. The molecule has 1 aromatic heterocycles. The maximum absolute atomic E-state index is 12.0. The van der Waals surface area contributed by atoms with Crippen LogP contribution in [-0.4, -0.2) is 40.1 Å². The van der Waals surface area contributed by atoms with Crippen LogP contribution in [0.5, 0.6) is 0 Å². The van der Waals surface area contributed by atoms with E-state index in [1.54, 1.807) is 16.2 Å².